The monoisotopic (exact) mass is 358 g/mol. The van der Waals surface area contributed by atoms with Gasteiger partial charge in [-0.05, 0) is 44.0 Å². The smallest absolute Gasteiger partial charge is 0.256 e. The zero-order chi connectivity index (χ0) is 17.2. The van der Waals surface area contributed by atoms with E-state index in [-0.39, 0.29) is 6.10 Å². The molecule has 3 heterocycles. The van der Waals surface area contributed by atoms with Crippen LogP contribution < -0.4 is 4.74 Å². The normalized spacial score (nSPS) is 17.0. The molecule has 0 bridgehead atoms. The first kappa shape index (κ1) is 16.0. The molecule has 1 aromatic carbocycles. The fourth-order valence-electron chi connectivity index (χ4n) is 2.61. The van der Waals surface area contributed by atoms with Crippen molar-refractivity contribution in [3.05, 3.63) is 47.2 Å². The van der Waals surface area contributed by atoms with Gasteiger partial charge in [-0.1, -0.05) is 16.8 Å². The summed E-state index contributed by atoms with van der Waals surface area (Å²) < 4.78 is 16.6. The van der Waals surface area contributed by atoms with E-state index in [9.17, 15) is 0 Å². The number of ether oxygens (including phenoxy) is 2. The molecule has 1 unspecified atom stereocenters. The predicted octanol–water partition coefficient (Wildman–Crippen LogP) is 4.13. The maximum Gasteiger partial charge on any atom is 0.256 e. The molecule has 25 heavy (non-hydrogen) atoms. The Balaban J connectivity index is 1.50. The third-order valence-corrected chi connectivity index (χ3v) is 3.96. The molecule has 0 N–H and O–H groups in total. The molecule has 0 saturated carbocycles. The SMILES string of the molecule is Cc1nc(Cl)cc(Oc2ccc(-c3noc(C4CCCO4)n3)cc2)n1. The maximum absolute atomic E-state index is 5.91. The van der Waals surface area contributed by atoms with Crippen LogP contribution in [-0.2, 0) is 4.74 Å². The van der Waals surface area contributed by atoms with Gasteiger partial charge < -0.3 is 14.0 Å². The lowest BCUT2D eigenvalue weighted by molar-refractivity contribution is 0.0835. The Morgan fingerprint density at radius 1 is 1.16 bits per heavy atom. The van der Waals surface area contributed by atoms with Gasteiger partial charge in [0.1, 0.15) is 22.8 Å². The largest absolute Gasteiger partial charge is 0.439 e. The second-order valence-corrected chi connectivity index (χ2v) is 6.05. The van der Waals surface area contributed by atoms with E-state index >= 15 is 0 Å². The zero-order valence-corrected chi connectivity index (χ0v) is 14.2. The summed E-state index contributed by atoms with van der Waals surface area (Å²) in [4.78, 5) is 12.6. The number of hydrogen-bond donors (Lipinski definition) is 0. The Morgan fingerprint density at radius 2 is 2.00 bits per heavy atom. The van der Waals surface area contributed by atoms with Crippen LogP contribution in [0.5, 0.6) is 11.6 Å². The van der Waals surface area contributed by atoms with Gasteiger partial charge in [-0.3, -0.25) is 0 Å². The van der Waals surface area contributed by atoms with Crippen LogP contribution in [0.2, 0.25) is 5.15 Å². The lowest BCUT2D eigenvalue weighted by Crippen LogP contribution is -1.95. The van der Waals surface area contributed by atoms with E-state index in [2.05, 4.69) is 20.1 Å². The number of hydrogen-bond acceptors (Lipinski definition) is 7. The summed E-state index contributed by atoms with van der Waals surface area (Å²) in [6.07, 6.45) is 1.84. The number of rotatable bonds is 4. The van der Waals surface area contributed by atoms with E-state index in [1.54, 1.807) is 13.0 Å². The molecule has 1 saturated heterocycles. The Kier molecular flexibility index (Phi) is 4.33. The Hall–Kier alpha value is -2.51. The number of aryl methyl sites for hydroxylation is 1. The van der Waals surface area contributed by atoms with Crippen molar-refractivity contribution in [3.8, 4) is 23.0 Å². The van der Waals surface area contributed by atoms with Gasteiger partial charge in [0.05, 0.1) is 0 Å². The number of benzene rings is 1. The highest BCUT2D eigenvalue weighted by Gasteiger charge is 2.24. The quantitative estimate of drug-likeness (QED) is 0.648. The summed E-state index contributed by atoms with van der Waals surface area (Å²) >= 11 is 5.91. The lowest BCUT2D eigenvalue weighted by Gasteiger charge is -2.06. The molecule has 0 aliphatic carbocycles. The highest BCUT2D eigenvalue weighted by Crippen LogP contribution is 2.29. The van der Waals surface area contributed by atoms with Crippen LogP contribution in [0.3, 0.4) is 0 Å². The van der Waals surface area contributed by atoms with Gasteiger partial charge in [0, 0.05) is 18.2 Å². The standard InChI is InChI=1S/C17H15ClN4O3/c1-10-19-14(18)9-15(20-10)24-12-6-4-11(5-7-12)16-21-17(25-22-16)13-3-2-8-23-13/h4-7,9,13H,2-3,8H2,1H3. The van der Waals surface area contributed by atoms with Crippen LogP contribution in [0.1, 0.15) is 30.7 Å². The van der Waals surface area contributed by atoms with Gasteiger partial charge in [0.25, 0.3) is 5.89 Å². The fourth-order valence-corrected chi connectivity index (χ4v) is 2.82. The molecule has 0 spiro atoms. The molecule has 128 valence electrons. The van der Waals surface area contributed by atoms with Crippen molar-refractivity contribution in [1.82, 2.24) is 20.1 Å². The number of halogens is 1. The van der Waals surface area contributed by atoms with E-state index in [0.717, 1.165) is 25.0 Å². The molecule has 4 rings (SSSR count). The molecule has 1 aliphatic rings. The van der Waals surface area contributed by atoms with Crippen molar-refractivity contribution >= 4 is 11.6 Å². The first-order valence-corrected chi connectivity index (χ1v) is 8.30. The summed E-state index contributed by atoms with van der Waals surface area (Å²) in [5.74, 6) is 2.62. The average molecular weight is 359 g/mol. The second kappa shape index (κ2) is 6.78. The number of aromatic nitrogens is 4. The molecule has 1 fully saturated rings. The molecule has 0 amide bonds. The van der Waals surface area contributed by atoms with Crippen molar-refractivity contribution < 1.29 is 14.0 Å². The van der Waals surface area contributed by atoms with E-state index in [1.807, 2.05) is 24.3 Å². The topological polar surface area (TPSA) is 83.2 Å². The van der Waals surface area contributed by atoms with Crippen molar-refractivity contribution in [3.63, 3.8) is 0 Å². The molecule has 7 nitrogen and oxygen atoms in total. The first-order valence-electron chi connectivity index (χ1n) is 7.92. The molecule has 3 aromatic rings. The van der Waals surface area contributed by atoms with Crippen molar-refractivity contribution in [2.24, 2.45) is 0 Å². The van der Waals surface area contributed by atoms with Crippen LogP contribution in [0.25, 0.3) is 11.4 Å². The lowest BCUT2D eigenvalue weighted by atomic mass is 10.2. The van der Waals surface area contributed by atoms with Crippen molar-refractivity contribution in [1.29, 1.82) is 0 Å². The van der Waals surface area contributed by atoms with Crippen molar-refractivity contribution in [2.75, 3.05) is 6.61 Å². The summed E-state index contributed by atoms with van der Waals surface area (Å²) in [6, 6.07) is 8.89. The molecule has 2 aromatic heterocycles. The molecule has 1 aliphatic heterocycles. The van der Waals surface area contributed by atoms with Crippen LogP contribution in [-0.4, -0.2) is 26.7 Å². The molecule has 8 heteroatoms. The minimum atomic E-state index is -0.0883. The van der Waals surface area contributed by atoms with E-state index in [4.69, 9.17) is 25.6 Å². The Bertz CT molecular complexity index is 856. The minimum Gasteiger partial charge on any atom is -0.439 e. The van der Waals surface area contributed by atoms with Gasteiger partial charge in [0.15, 0.2) is 0 Å². The predicted molar refractivity (Wildman–Crippen MR) is 89.5 cm³/mol. The van der Waals surface area contributed by atoms with E-state index in [1.165, 1.54) is 0 Å². The summed E-state index contributed by atoms with van der Waals surface area (Å²) in [6.45, 7) is 2.49. The van der Waals surface area contributed by atoms with Gasteiger partial charge in [-0.2, -0.15) is 9.97 Å². The Morgan fingerprint density at radius 3 is 2.72 bits per heavy atom. The Labute approximate surface area is 149 Å². The highest BCUT2D eigenvalue weighted by molar-refractivity contribution is 6.29. The molecular weight excluding hydrogens is 344 g/mol. The maximum atomic E-state index is 5.91. The summed E-state index contributed by atoms with van der Waals surface area (Å²) in [7, 11) is 0. The van der Waals surface area contributed by atoms with Crippen molar-refractivity contribution in [2.45, 2.75) is 25.9 Å². The van der Waals surface area contributed by atoms with Gasteiger partial charge >= 0.3 is 0 Å². The average Bonchev–Trinajstić information content (AvgIpc) is 3.26. The van der Waals surface area contributed by atoms with Crippen LogP contribution in [0, 0.1) is 6.92 Å². The molecule has 1 atom stereocenters. The first-order chi connectivity index (χ1) is 12.2. The van der Waals surface area contributed by atoms with Crippen LogP contribution >= 0.6 is 11.6 Å². The number of nitrogens with zero attached hydrogens (tertiary/aromatic N) is 4. The van der Waals surface area contributed by atoms with Crippen LogP contribution in [0.4, 0.5) is 0 Å². The molecule has 0 radical (unpaired) electrons. The van der Waals surface area contributed by atoms with E-state index < -0.39 is 0 Å². The second-order valence-electron chi connectivity index (χ2n) is 5.66. The van der Waals surface area contributed by atoms with Crippen LogP contribution in [0.15, 0.2) is 34.9 Å². The fraction of sp³-hybridized carbons (Fsp3) is 0.294. The molecular formula is C17H15ClN4O3. The summed E-state index contributed by atoms with van der Waals surface area (Å²) in [5, 5.41) is 4.36. The van der Waals surface area contributed by atoms with Gasteiger partial charge in [-0.25, -0.2) is 4.98 Å². The summed E-state index contributed by atoms with van der Waals surface area (Å²) in [5.41, 5.74) is 0.831. The third kappa shape index (κ3) is 3.62. The minimum absolute atomic E-state index is 0.0883. The zero-order valence-electron chi connectivity index (χ0n) is 13.5. The highest BCUT2D eigenvalue weighted by atomic mass is 35.5. The van der Waals surface area contributed by atoms with Gasteiger partial charge in [0.2, 0.25) is 11.7 Å². The third-order valence-electron chi connectivity index (χ3n) is 3.76. The van der Waals surface area contributed by atoms with E-state index in [0.29, 0.717) is 34.3 Å². The van der Waals surface area contributed by atoms with Gasteiger partial charge in [-0.15, -0.1) is 0 Å².